The number of anilines is 2. The van der Waals surface area contributed by atoms with Crippen LogP contribution in [0.2, 0.25) is 5.02 Å². The van der Waals surface area contributed by atoms with Crippen molar-refractivity contribution in [1.82, 2.24) is 10.3 Å². The first-order chi connectivity index (χ1) is 11.1. The van der Waals surface area contributed by atoms with Crippen LogP contribution in [0.5, 0.6) is 0 Å². The van der Waals surface area contributed by atoms with E-state index in [4.69, 9.17) is 16.3 Å². The summed E-state index contributed by atoms with van der Waals surface area (Å²) in [7, 11) is 1.55. The fourth-order valence-electron chi connectivity index (χ4n) is 1.59. The number of carbonyl (C=O) groups excluding carboxylic acids is 2. The zero-order valence-electron chi connectivity index (χ0n) is 12.3. The number of urea groups is 1. The topological polar surface area (TPSA) is 92.4 Å². The molecule has 0 unspecified atom stereocenters. The third-order valence-electron chi connectivity index (χ3n) is 2.65. The first kappa shape index (κ1) is 17.2. The highest BCUT2D eigenvalue weighted by atomic mass is 35.5. The molecule has 0 spiro atoms. The van der Waals surface area contributed by atoms with Gasteiger partial charge in [0.1, 0.15) is 5.69 Å². The first-order valence-corrected chi connectivity index (χ1v) is 7.90. The number of nitrogens with zero attached hydrogens (tertiary/aromatic N) is 1. The average molecular weight is 355 g/mol. The molecule has 1 heterocycles. The fraction of sp³-hybridized carbons (Fsp3) is 0.214. The number of aromatic nitrogens is 1. The SMILES string of the molecule is COCCNC(=O)c1csc(NC(=O)Nc2ccc(Cl)cc2)n1. The van der Waals surface area contributed by atoms with E-state index in [1.54, 1.807) is 36.8 Å². The molecule has 0 radical (unpaired) electrons. The van der Waals surface area contributed by atoms with Gasteiger partial charge < -0.3 is 15.4 Å². The van der Waals surface area contributed by atoms with Crippen LogP contribution in [0.4, 0.5) is 15.6 Å². The number of ether oxygens (including phenoxy) is 1. The summed E-state index contributed by atoms with van der Waals surface area (Å²) in [6, 6.07) is 6.25. The van der Waals surface area contributed by atoms with Gasteiger partial charge in [0, 0.05) is 29.7 Å². The Morgan fingerprint density at radius 3 is 2.70 bits per heavy atom. The highest BCUT2D eigenvalue weighted by Gasteiger charge is 2.12. The molecule has 2 rings (SSSR count). The summed E-state index contributed by atoms with van der Waals surface area (Å²) in [5, 5.41) is 10.3. The smallest absolute Gasteiger partial charge is 0.325 e. The molecular weight excluding hydrogens is 340 g/mol. The molecule has 0 atom stereocenters. The van der Waals surface area contributed by atoms with E-state index in [0.29, 0.717) is 29.0 Å². The van der Waals surface area contributed by atoms with Gasteiger partial charge in [0.05, 0.1) is 6.61 Å². The van der Waals surface area contributed by atoms with E-state index in [0.717, 1.165) is 11.3 Å². The molecule has 7 nitrogen and oxygen atoms in total. The third kappa shape index (κ3) is 5.51. The maximum absolute atomic E-state index is 11.9. The number of benzene rings is 1. The molecule has 9 heteroatoms. The van der Waals surface area contributed by atoms with Crippen molar-refractivity contribution in [3.8, 4) is 0 Å². The molecule has 0 aliphatic carbocycles. The molecule has 0 bridgehead atoms. The molecule has 3 N–H and O–H groups in total. The lowest BCUT2D eigenvalue weighted by Gasteiger charge is -2.05. The summed E-state index contributed by atoms with van der Waals surface area (Å²) in [5.74, 6) is -0.315. The molecule has 2 aromatic rings. The van der Waals surface area contributed by atoms with Crippen molar-refractivity contribution in [3.05, 3.63) is 40.4 Å². The molecule has 1 aromatic heterocycles. The van der Waals surface area contributed by atoms with Gasteiger partial charge in [0.15, 0.2) is 5.13 Å². The van der Waals surface area contributed by atoms with Gasteiger partial charge in [0.25, 0.3) is 5.91 Å². The number of thiazole rings is 1. The Morgan fingerprint density at radius 1 is 1.26 bits per heavy atom. The summed E-state index contributed by atoms with van der Waals surface area (Å²) in [6.07, 6.45) is 0. The maximum Gasteiger partial charge on any atom is 0.325 e. The van der Waals surface area contributed by atoms with Crippen LogP contribution < -0.4 is 16.0 Å². The van der Waals surface area contributed by atoms with Crippen molar-refractivity contribution < 1.29 is 14.3 Å². The van der Waals surface area contributed by atoms with Gasteiger partial charge >= 0.3 is 6.03 Å². The summed E-state index contributed by atoms with van der Waals surface area (Å²) < 4.78 is 4.84. The summed E-state index contributed by atoms with van der Waals surface area (Å²) in [5.41, 5.74) is 0.842. The highest BCUT2D eigenvalue weighted by molar-refractivity contribution is 7.14. The molecule has 23 heavy (non-hydrogen) atoms. The predicted octanol–water partition coefficient (Wildman–Crippen LogP) is 2.82. The van der Waals surface area contributed by atoms with E-state index in [1.807, 2.05) is 0 Å². The Morgan fingerprint density at radius 2 is 2.00 bits per heavy atom. The molecular formula is C14H15ClN4O3S. The lowest BCUT2D eigenvalue weighted by molar-refractivity contribution is 0.0933. The second-order valence-electron chi connectivity index (χ2n) is 4.37. The van der Waals surface area contributed by atoms with Crippen LogP contribution in [0.1, 0.15) is 10.5 Å². The van der Waals surface area contributed by atoms with Gasteiger partial charge in [-0.05, 0) is 24.3 Å². The minimum Gasteiger partial charge on any atom is -0.383 e. The van der Waals surface area contributed by atoms with E-state index in [1.165, 1.54) is 0 Å². The van der Waals surface area contributed by atoms with Gasteiger partial charge in [-0.15, -0.1) is 11.3 Å². The molecule has 0 saturated carbocycles. The van der Waals surface area contributed by atoms with Gasteiger partial charge in [-0.1, -0.05) is 11.6 Å². The lowest BCUT2D eigenvalue weighted by Crippen LogP contribution is -2.27. The fourth-order valence-corrected chi connectivity index (χ4v) is 2.40. The summed E-state index contributed by atoms with van der Waals surface area (Å²) >= 11 is 6.94. The minimum atomic E-state index is -0.451. The number of hydrogen-bond acceptors (Lipinski definition) is 5. The second-order valence-corrected chi connectivity index (χ2v) is 5.67. The average Bonchev–Trinajstić information content (AvgIpc) is 2.98. The van der Waals surface area contributed by atoms with Crippen molar-refractivity contribution in [2.75, 3.05) is 30.9 Å². The number of rotatable bonds is 6. The van der Waals surface area contributed by atoms with E-state index < -0.39 is 6.03 Å². The van der Waals surface area contributed by atoms with Crippen LogP contribution >= 0.6 is 22.9 Å². The Hall–Kier alpha value is -2.16. The molecule has 1 aromatic carbocycles. The normalized spacial score (nSPS) is 10.2. The van der Waals surface area contributed by atoms with Gasteiger partial charge in [-0.2, -0.15) is 0 Å². The molecule has 0 saturated heterocycles. The molecule has 0 fully saturated rings. The second kappa shape index (κ2) is 8.47. The van der Waals surface area contributed by atoms with Crippen LogP contribution in [-0.2, 0) is 4.74 Å². The molecule has 0 aliphatic rings. The number of carbonyl (C=O) groups is 2. The van der Waals surface area contributed by atoms with Crippen molar-refractivity contribution in [3.63, 3.8) is 0 Å². The summed E-state index contributed by atoms with van der Waals surface area (Å²) in [6.45, 7) is 0.817. The summed E-state index contributed by atoms with van der Waals surface area (Å²) in [4.78, 5) is 27.7. The maximum atomic E-state index is 11.9. The monoisotopic (exact) mass is 354 g/mol. The van der Waals surface area contributed by atoms with Crippen LogP contribution in [0.15, 0.2) is 29.6 Å². The van der Waals surface area contributed by atoms with Gasteiger partial charge in [0.2, 0.25) is 0 Å². The van der Waals surface area contributed by atoms with Crippen LogP contribution in [-0.4, -0.2) is 37.2 Å². The molecule has 3 amide bonds. The Kier molecular flexibility index (Phi) is 6.33. The van der Waals surface area contributed by atoms with Crippen molar-refractivity contribution >= 4 is 45.7 Å². The lowest BCUT2D eigenvalue weighted by atomic mass is 10.3. The van der Waals surface area contributed by atoms with Crippen LogP contribution in [0.3, 0.4) is 0 Å². The van der Waals surface area contributed by atoms with Crippen molar-refractivity contribution in [2.45, 2.75) is 0 Å². The number of methoxy groups -OCH3 is 1. The largest absolute Gasteiger partial charge is 0.383 e. The van der Waals surface area contributed by atoms with E-state index >= 15 is 0 Å². The Bertz CT molecular complexity index is 675. The highest BCUT2D eigenvalue weighted by Crippen LogP contribution is 2.17. The van der Waals surface area contributed by atoms with E-state index in [-0.39, 0.29) is 11.6 Å². The van der Waals surface area contributed by atoms with Gasteiger partial charge in [-0.25, -0.2) is 9.78 Å². The van der Waals surface area contributed by atoms with Gasteiger partial charge in [-0.3, -0.25) is 10.1 Å². The van der Waals surface area contributed by atoms with Crippen LogP contribution in [0.25, 0.3) is 0 Å². The number of hydrogen-bond donors (Lipinski definition) is 3. The number of amides is 3. The van der Waals surface area contributed by atoms with Crippen LogP contribution in [0, 0.1) is 0 Å². The number of nitrogens with one attached hydrogen (secondary N) is 3. The van der Waals surface area contributed by atoms with E-state index in [2.05, 4.69) is 20.9 Å². The zero-order valence-corrected chi connectivity index (χ0v) is 13.8. The third-order valence-corrected chi connectivity index (χ3v) is 3.66. The van der Waals surface area contributed by atoms with Crippen molar-refractivity contribution in [2.24, 2.45) is 0 Å². The first-order valence-electron chi connectivity index (χ1n) is 6.64. The predicted molar refractivity (Wildman–Crippen MR) is 90.4 cm³/mol. The Balaban J connectivity index is 1.87. The molecule has 0 aliphatic heterocycles. The minimum absolute atomic E-state index is 0.243. The quantitative estimate of drug-likeness (QED) is 0.695. The number of halogens is 1. The standard InChI is InChI=1S/C14H15ClN4O3S/c1-22-7-6-16-12(20)11-8-23-14(18-11)19-13(21)17-10-4-2-9(15)3-5-10/h2-5,8H,6-7H2,1H3,(H,16,20)(H2,17,18,19,21). The molecule has 122 valence electrons. The zero-order chi connectivity index (χ0) is 16.7. The van der Waals surface area contributed by atoms with E-state index in [9.17, 15) is 9.59 Å². The Labute approximate surface area is 142 Å². The van der Waals surface area contributed by atoms with Crippen molar-refractivity contribution in [1.29, 1.82) is 0 Å².